The zero-order valence-electron chi connectivity index (χ0n) is 23.7. The van der Waals surface area contributed by atoms with Gasteiger partial charge in [0.2, 0.25) is 5.91 Å². The number of aromatic nitrogens is 1. The lowest BCUT2D eigenvalue weighted by atomic mass is 9.91. The number of anilines is 2. The minimum absolute atomic E-state index is 0.0340. The van der Waals surface area contributed by atoms with Gasteiger partial charge in [0, 0.05) is 46.3 Å². The summed E-state index contributed by atoms with van der Waals surface area (Å²) in [6.07, 6.45) is 1.42. The first-order valence-corrected chi connectivity index (χ1v) is 14.6. The van der Waals surface area contributed by atoms with E-state index in [1.54, 1.807) is 30.2 Å². The Hall–Kier alpha value is -4.06. The van der Waals surface area contributed by atoms with Gasteiger partial charge in [-0.15, -0.1) is 12.6 Å². The fraction of sp³-hybridized carbons (Fsp3) is 0.312. The number of nitrogen functional groups attached to an aromatic ring is 1. The van der Waals surface area contributed by atoms with Crippen molar-refractivity contribution in [2.75, 3.05) is 24.2 Å². The molecular formula is C32H33FN4O5S. The fourth-order valence-electron chi connectivity index (χ4n) is 6.02. The van der Waals surface area contributed by atoms with E-state index in [9.17, 15) is 9.90 Å². The number of hydrogen-bond acceptors (Lipinski definition) is 9. The van der Waals surface area contributed by atoms with Gasteiger partial charge in [-0.3, -0.25) is 4.79 Å². The lowest BCUT2D eigenvalue weighted by Gasteiger charge is -2.41. The summed E-state index contributed by atoms with van der Waals surface area (Å²) < 4.78 is 33.0. The molecule has 0 radical (unpaired) electrons. The molecule has 0 unspecified atom stereocenters. The van der Waals surface area contributed by atoms with Crippen molar-refractivity contribution in [1.29, 1.82) is 0 Å². The maximum Gasteiger partial charge on any atom is 0.250 e. The summed E-state index contributed by atoms with van der Waals surface area (Å²) in [7, 11) is 0. The van der Waals surface area contributed by atoms with Crippen LogP contribution >= 0.6 is 12.6 Å². The van der Waals surface area contributed by atoms with E-state index in [4.69, 9.17) is 32.6 Å². The highest BCUT2D eigenvalue weighted by atomic mass is 32.1. The molecule has 3 atom stereocenters. The Morgan fingerprint density at radius 2 is 2.02 bits per heavy atom. The number of fused-ring (bicyclic) bond motifs is 1. The molecule has 1 amide bonds. The van der Waals surface area contributed by atoms with E-state index in [0.29, 0.717) is 24.5 Å². The molecule has 224 valence electrons. The number of hydrogen-bond donors (Lipinski definition) is 4. The Kier molecular flexibility index (Phi) is 8.04. The summed E-state index contributed by atoms with van der Waals surface area (Å²) in [6, 6.07) is 15.6. The normalized spacial score (nSPS) is 22.3. The summed E-state index contributed by atoms with van der Waals surface area (Å²) in [5.74, 6) is -1.15. The van der Waals surface area contributed by atoms with Crippen molar-refractivity contribution in [2.45, 2.75) is 49.8 Å². The number of likely N-dealkylation sites (tertiary alicyclic amines) is 1. The highest BCUT2D eigenvalue weighted by Crippen LogP contribution is 2.46. The monoisotopic (exact) mass is 604 g/mol. The molecule has 2 fully saturated rings. The van der Waals surface area contributed by atoms with Gasteiger partial charge in [0.05, 0.1) is 12.6 Å². The van der Waals surface area contributed by atoms with Crippen molar-refractivity contribution in [1.82, 2.24) is 9.88 Å². The zero-order chi connectivity index (χ0) is 30.2. The number of rotatable bonds is 8. The number of phenols is 1. The number of nitrogens with one attached hydrogen (secondary N) is 1. The number of nitrogens with zero attached hydrogens (tertiary/aromatic N) is 2. The van der Waals surface area contributed by atoms with Crippen molar-refractivity contribution in [3.05, 3.63) is 83.8 Å². The summed E-state index contributed by atoms with van der Waals surface area (Å²) in [5.41, 5.74) is 7.50. The maximum absolute atomic E-state index is 15.7. The predicted molar refractivity (Wildman–Crippen MR) is 163 cm³/mol. The van der Waals surface area contributed by atoms with Crippen LogP contribution in [0.4, 0.5) is 15.9 Å². The topological polar surface area (TPSA) is 119 Å². The molecule has 1 aromatic heterocycles. The van der Waals surface area contributed by atoms with Gasteiger partial charge in [0.1, 0.15) is 17.7 Å². The fourth-order valence-corrected chi connectivity index (χ4v) is 6.31. The number of thiol groups is 1. The molecule has 4 N–H and O–H groups in total. The number of benzene rings is 3. The second kappa shape index (κ2) is 11.9. The van der Waals surface area contributed by atoms with Gasteiger partial charge in [0.25, 0.3) is 0 Å². The second-order valence-electron chi connectivity index (χ2n) is 10.7. The molecule has 9 nitrogen and oxygen atoms in total. The number of carbonyl (C=O) groups excluding carboxylic acids is 1. The Morgan fingerprint density at radius 3 is 2.77 bits per heavy atom. The molecule has 0 spiro atoms. The van der Waals surface area contributed by atoms with E-state index in [-0.39, 0.29) is 41.8 Å². The van der Waals surface area contributed by atoms with Gasteiger partial charge in [0.15, 0.2) is 24.1 Å². The molecule has 2 aliphatic heterocycles. The smallest absolute Gasteiger partial charge is 0.250 e. The van der Waals surface area contributed by atoms with Crippen LogP contribution in [0.3, 0.4) is 0 Å². The Labute approximate surface area is 254 Å². The molecule has 6 rings (SSSR count). The summed E-state index contributed by atoms with van der Waals surface area (Å²) in [6.45, 7) is 4.23. The Morgan fingerprint density at radius 1 is 1.23 bits per heavy atom. The van der Waals surface area contributed by atoms with Crippen molar-refractivity contribution in [2.24, 2.45) is 5.92 Å². The number of aromatic hydroxyl groups is 1. The van der Waals surface area contributed by atoms with E-state index in [1.807, 2.05) is 43.3 Å². The number of carbonyl (C=O) groups is 1. The highest BCUT2D eigenvalue weighted by molar-refractivity contribution is 7.80. The number of pyridine rings is 1. The summed E-state index contributed by atoms with van der Waals surface area (Å²) >= 11 is 4.71. The lowest BCUT2D eigenvalue weighted by Crippen LogP contribution is -2.47. The molecule has 4 aromatic rings. The third-order valence-corrected chi connectivity index (χ3v) is 8.43. The van der Waals surface area contributed by atoms with Crippen LogP contribution in [0.25, 0.3) is 10.8 Å². The quantitative estimate of drug-likeness (QED) is 0.186. The minimum atomic E-state index is -1.17. The first kappa shape index (κ1) is 29.0. The molecule has 2 aliphatic rings. The Balaban J connectivity index is 1.43. The Bertz CT molecular complexity index is 1670. The predicted octanol–water partition coefficient (Wildman–Crippen LogP) is 5.81. The molecule has 3 heterocycles. The van der Waals surface area contributed by atoms with Gasteiger partial charge in [-0.1, -0.05) is 18.2 Å². The van der Waals surface area contributed by atoms with Gasteiger partial charge in [-0.05, 0) is 67.6 Å². The number of phenolic OH excluding ortho intramolecular Hbond substituents is 1. The van der Waals surface area contributed by atoms with Crippen LogP contribution < -0.4 is 15.8 Å². The molecule has 3 aromatic carbocycles. The SMILES string of the molecule is CCOc1cc([C@@H](Nc2ccc3c(N)nccc3c2)C(=O)N2CC[C@H](C3OC(C)O3)[C@@H]2c2ccccc2S)c(F)cc1O. The van der Waals surface area contributed by atoms with Crippen LogP contribution in [-0.4, -0.2) is 46.6 Å². The van der Waals surface area contributed by atoms with E-state index in [0.717, 1.165) is 27.3 Å². The molecule has 11 heteroatoms. The second-order valence-corrected chi connectivity index (χ2v) is 11.2. The molecule has 43 heavy (non-hydrogen) atoms. The standard InChI is InChI=1S/C32H33FN4O5S/c1-3-40-26-15-23(24(33)16-25(26)38)28(36-19-8-9-20-18(14-19)10-12-35-30(20)34)31(39)37-13-11-22(32-41-17(2)42-32)29(37)21-6-4-5-7-27(21)43/h4-10,12,14-17,22,28-29,32,36,38,43H,3,11,13H2,1-2H3,(H2,34,35)/t17?,22-,28+,29-,32?/m0/s1. The average Bonchev–Trinajstić information content (AvgIpc) is 3.40. The van der Waals surface area contributed by atoms with E-state index < -0.39 is 24.2 Å². The number of nitrogens with two attached hydrogens (primary N) is 1. The van der Waals surface area contributed by atoms with Crippen LogP contribution in [0.15, 0.2) is 71.8 Å². The third-order valence-electron chi connectivity index (χ3n) is 8.03. The number of halogens is 1. The summed E-state index contributed by atoms with van der Waals surface area (Å²) in [4.78, 5) is 21.3. The van der Waals surface area contributed by atoms with Crippen LogP contribution in [0.1, 0.15) is 43.5 Å². The van der Waals surface area contributed by atoms with Crippen LogP contribution in [0, 0.1) is 11.7 Å². The summed E-state index contributed by atoms with van der Waals surface area (Å²) in [5, 5.41) is 15.2. The molecule has 2 saturated heterocycles. The number of amides is 1. The van der Waals surface area contributed by atoms with Gasteiger partial charge < -0.3 is 35.3 Å². The molecule has 0 aliphatic carbocycles. The van der Waals surface area contributed by atoms with Gasteiger partial charge >= 0.3 is 0 Å². The van der Waals surface area contributed by atoms with Crippen LogP contribution in [0.2, 0.25) is 0 Å². The van der Waals surface area contributed by atoms with Crippen molar-refractivity contribution in [3.63, 3.8) is 0 Å². The average molecular weight is 605 g/mol. The molecule has 0 bridgehead atoms. The first-order valence-electron chi connectivity index (χ1n) is 14.2. The number of ether oxygens (including phenoxy) is 3. The van der Waals surface area contributed by atoms with E-state index in [2.05, 4.69) is 10.3 Å². The molecule has 0 saturated carbocycles. The van der Waals surface area contributed by atoms with Gasteiger partial charge in [-0.25, -0.2) is 9.37 Å². The van der Waals surface area contributed by atoms with Crippen LogP contribution in [0.5, 0.6) is 11.5 Å². The van der Waals surface area contributed by atoms with E-state index >= 15 is 4.39 Å². The van der Waals surface area contributed by atoms with Gasteiger partial charge in [-0.2, -0.15) is 0 Å². The van der Waals surface area contributed by atoms with Crippen molar-refractivity contribution >= 4 is 40.8 Å². The minimum Gasteiger partial charge on any atom is -0.504 e. The highest BCUT2D eigenvalue weighted by Gasteiger charge is 2.49. The molecular weight excluding hydrogens is 571 g/mol. The largest absolute Gasteiger partial charge is 0.504 e. The zero-order valence-corrected chi connectivity index (χ0v) is 24.6. The lowest BCUT2D eigenvalue weighted by molar-refractivity contribution is -0.393. The maximum atomic E-state index is 15.7. The third kappa shape index (κ3) is 5.55. The van der Waals surface area contributed by atoms with Crippen LogP contribution in [-0.2, 0) is 14.3 Å². The first-order chi connectivity index (χ1) is 20.7. The van der Waals surface area contributed by atoms with E-state index in [1.165, 1.54) is 6.07 Å². The van der Waals surface area contributed by atoms with Crippen molar-refractivity contribution in [3.8, 4) is 11.5 Å². The van der Waals surface area contributed by atoms with Crippen molar-refractivity contribution < 1.29 is 28.5 Å².